The Morgan fingerprint density at radius 2 is 2.00 bits per heavy atom. The third-order valence-corrected chi connectivity index (χ3v) is 6.31. The van der Waals surface area contributed by atoms with Crippen molar-refractivity contribution in [3.63, 3.8) is 0 Å². The van der Waals surface area contributed by atoms with E-state index in [2.05, 4.69) is 23.6 Å². The summed E-state index contributed by atoms with van der Waals surface area (Å²) in [6.45, 7) is 5.65. The average Bonchev–Trinajstić information content (AvgIpc) is 3.21. The van der Waals surface area contributed by atoms with Gasteiger partial charge in [-0.3, -0.25) is 9.59 Å². The molecule has 0 spiro atoms. The molecule has 3 rings (SSSR count). The quantitative estimate of drug-likeness (QED) is 0.618. The second-order valence-corrected chi connectivity index (χ2v) is 8.71. The van der Waals surface area contributed by atoms with E-state index in [1.165, 1.54) is 10.4 Å². The number of ether oxygens (including phenoxy) is 1. The lowest BCUT2D eigenvalue weighted by Gasteiger charge is -2.37. The lowest BCUT2D eigenvalue weighted by Crippen LogP contribution is -2.47. The third kappa shape index (κ3) is 5.06. The summed E-state index contributed by atoms with van der Waals surface area (Å²) in [5, 5.41) is 2.11. The zero-order valence-corrected chi connectivity index (χ0v) is 18.3. The van der Waals surface area contributed by atoms with Crippen LogP contribution >= 0.6 is 11.3 Å². The molecule has 0 bridgehead atoms. The van der Waals surface area contributed by atoms with Crippen molar-refractivity contribution in [3.8, 4) is 0 Å². The highest BCUT2D eigenvalue weighted by Gasteiger charge is 2.34. The first kappa shape index (κ1) is 21.5. The van der Waals surface area contributed by atoms with Crippen LogP contribution in [-0.2, 0) is 20.7 Å². The van der Waals surface area contributed by atoms with Gasteiger partial charge in [0.2, 0.25) is 11.8 Å². The van der Waals surface area contributed by atoms with Crippen molar-refractivity contribution < 1.29 is 14.3 Å². The molecule has 6 heteroatoms. The Bertz CT molecular complexity index is 819. The first-order valence-corrected chi connectivity index (χ1v) is 11.1. The fourth-order valence-corrected chi connectivity index (χ4v) is 4.77. The fourth-order valence-electron chi connectivity index (χ4n) is 3.87. The van der Waals surface area contributed by atoms with Gasteiger partial charge < -0.3 is 14.5 Å². The van der Waals surface area contributed by atoms with Crippen LogP contribution in [0.3, 0.4) is 0 Å². The molecule has 0 saturated carbocycles. The Kier molecular flexibility index (Phi) is 7.45. The lowest BCUT2D eigenvalue weighted by molar-refractivity contribution is -0.143. The van der Waals surface area contributed by atoms with E-state index in [9.17, 15) is 9.59 Å². The van der Waals surface area contributed by atoms with Crippen molar-refractivity contribution in [2.75, 3.05) is 33.4 Å². The number of hydrogen-bond acceptors (Lipinski definition) is 4. The molecular formula is C23H30N2O3S. The van der Waals surface area contributed by atoms with Crippen molar-refractivity contribution in [2.24, 2.45) is 5.92 Å². The van der Waals surface area contributed by atoms with Crippen molar-refractivity contribution in [3.05, 3.63) is 57.8 Å². The van der Waals surface area contributed by atoms with Gasteiger partial charge >= 0.3 is 0 Å². The summed E-state index contributed by atoms with van der Waals surface area (Å²) < 4.78 is 5.13. The number of benzene rings is 1. The van der Waals surface area contributed by atoms with Gasteiger partial charge in [0.15, 0.2) is 0 Å². The molecule has 2 amide bonds. The Morgan fingerprint density at radius 3 is 2.69 bits per heavy atom. The molecular weight excluding hydrogens is 384 g/mol. The van der Waals surface area contributed by atoms with Crippen LogP contribution in [0.5, 0.6) is 0 Å². The van der Waals surface area contributed by atoms with Crippen LogP contribution in [0.25, 0.3) is 0 Å². The molecule has 1 aliphatic rings. The summed E-state index contributed by atoms with van der Waals surface area (Å²) in [6, 6.07) is 12.2. The van der Waals surface area contributed by atoms with Gasteiger partial charge in [-0.05, 0) is 35.4 Å². The maximum Gasteiger partial charge on any atom is 0.242 e. The van der Waals surface area contributed by atoms with E-state index in [1.807, 2.05) is 36.9 Å². The van der Waals surface area contributed by atoms with E-state index >= 15 is 0 Å². The van der Waals surface area contributed by atoms with Gasteiger partial charge in [0.05, 0.1) is 12.6 Å². The molecule has 1 aliphatic heterocycles. The van der Waals surface area contributed by atoms with Crippen LogP contribution in [0.2, 0.25) is 0 Å². The summed E-state index contributed by atoms with van der Waals surface area (Å²) in [7, 11) is 1.65. The number of fused-ring (bicyclic) bond motifs is 1. The Hall–Kier alpha value is -2.18. The molecule has 0 saturated heterocycles. The molecule has 1 aromatic heterocycles. The van der Waals surface area contributed by atoms with Crippen LogP contribution in [0, 0.1) is 5.92 Å². The SMILES string of the molecule is COCCCN(CC(=O)N1CCc2sccc2C1c1ccccc1)C(=O)C(C)C. The fraction of sp³-hybridized carbons (Fsp3) is 0.478. The minimum atomic E-state index is -0.139. The minimum absolute atomic E-state index is 0.00196. The van der Waals surface area contributed by atoms with Crippen molar-refractivity contribution >= 4 is 23.2 Å². The second-order valence-electron chi connectivity index (χ2n) is 7.71. The molecule has 0 fully saturated rings. The van der Waals surface area contributed by atoms with E-state index in [0.717, 1.165) is 18.4 Å². The number of methoxy groups -OCH3 is 1. The Labute approximate surface area is 177 Å². The van der Waals surface area contributed by atoms with Crippen LogP contribution < -0.4 is 0 Å². The highest BCUT2D eigenvalue weighted by atomic mass is 32.1. The topological polar surface area (TPSA) is 49.9 Å². The number of carbonyl (C=O) groups excluding carboxylic acids is 2. The van der Waals surface area contributed by atoms with E-state index in [0.29, 0.717) is 19.7 Å². The normalized spacial score (nSPS) is 16.0. The monoisotopic (exact) mass is 414 g/mol. The molecule has 0 aliphatic carbocycles. The van der Waals surface area contributed by atoms with E-state index in [4.69, 9.17) is 4.74 Å². The number of hydrogen-bond donors (Lipinski definition) is 0. The van der Waals surface area contributed by atoms with Gasteiger partial charge in [0.1, 0.15) is 0 Å². The molecule has 2 heterocycles. The highest BCUT2D eigenvalue weighted by molar-refractivity contribution is 7.10. The predicted octanol–water partition coefficient (Wildman–Crippen LogP) is 3.74. The highest BCUT2D eigenvalue weighted by Crippen LogP contribution is 2.37. The van der Waals surface area contributed by atoms with Crippen LogP contribution in [-0.4, -0.2) is 55.0 Å². The van der Waals surface area contributed by atoms with Crippen LogP contribution in [0.4, 0.5) is 0 Å². The number of nitrogens with zero attached hydrogens (tertiary/aromatic N) is 2. The third-order valence-electron chi connectivity index (χ3n) is 5.31. The number of amides is 2. The van der Waals surface area contributed by atoms with Gasteiger partial charge in [-0.1, -0.05) is 44.2 Å². The standard InChI is InChI=1S/C23H30N2O3S/c1-17(2)23(27)24(12-7-14-28-3)16-21(26)25-13-10-20-19(11-15-29-20)22(25)18-8-5-4-6-9-18/h4-6,8-9,11,15,17,22H,7,10,12-14,16H2,1-3H3. The van der Waals surface area contributed by atoms with Gasteiger partial charge in [-0.15, -0.1) is 11.3 Å². The van der Waals surface area contributed by atoms with E-state index in [1.54, 1.807) is 23.3 Å². The molecule has 0 radical (unpaired) electrons. The van der Waals surface area contributed by atoms with E-state index in [-0.39, 0.29) is 30.3 Å². The van der Waals surface area contributed by atoms with Gasteiger partial charge in [0.25, 0.3) is 0 Å². The number of thiophene rings is 1. The molecule has 0 N–H and O–H groups in total. The molecule has 156 valence electrons. The molecule has 2 aromatic rings. The summed E-state index contributed by atoms with van der Waals surface area (Å²) in [5.74, 6) is -0.124. The zero-order valence-electron chi connectivity index (χ0n) is 17.5. The summed E-state index contributed by atoms with van der Waals surface area (Å²) in [4.78, 5) is 31.1. The van der Waals surface area contributed by atoms with Gasteiger partial charge in [-0.25, -0.2) is 0 Å². The maximum absolute atomic E-state index is 13.4. The Balaban J connectivity index is 1.82. The Morgan fingerprint density at radius 1 is 1.24 bits per heavy atom. The number of carbonyl (C=O) groups is 2. The second kappa shape index (κ2) is 10.0. The zero-order chi connectivity index (χ0) is 20.8. The first-order valence-electron chi connectivity index (χ1n) is 10.2. The van der Waals surface area contributed by atoms with Gasteiger partial charge in [0, 0.05) is 37.6 Å². The van der Waals surface area contributed by atoms with Crippen LogP contribution in [0.15, 0.2) is 41.8 Å². The number of rotatable bonds is 8. The first-order chi connectivity index (χ1) is 14.0. The molecule has 1 aromatic carbocycles. The molecule has 29 heavy (non-hydrogen) atoms. The minimum Gasteiger partial charge on any atom is -0.385 e. The summed E-state index contributed by atoms with van der Waals surface area (Å²) in [5.41, 5.74) is 2.32. The van der Waals surface area contributed by atoms with Crippen molar-refractivity contribution in [1.82, 2.24) is 9.80 Å². The lowest BCUT2D eigenvalue weighted by atomic mass is 9.93. The summed E-state index contributed by atoms with van der Waals surface area (Å²) in [6.07, 6.45) is 1.59. The molecule has 5 nitrogen and oxygen atoms in total. The predicted molar refractivity (Wildman–Crippen MR) is 116 cm³/mol. The summed E-state index contributed by atoms with van der Waals surface area (Å²) >= 11 is 1.76. The molecule has 1 unspecified atom stereocenters. The van der Waals surface area contributed by atoms with E-state index < -0.39 is 0 Å². The largest absolute Gasteiger partial charge is 0.385 e. The smallest absolute Gasteiger partial charge is 0.242 e. The maximum atomic E-state index is 13.4. The van der Waals surface area contributed by atoms with Gasteiger partial charge in [-0.2, -0.15) is 0 Å². The van der Waals surface area contributed by atoms with Crippen molar-refractivity contribution in [2.45, 2.75) is 32.7 Å². The van der Waals surface area contributed by atoms with Crippen molar-refractivity contribution in [1.29, 1.82) is 0 Å². The average molecular weight is 415 g/mol. The molecule has 1 atom stereocenters. The van der Waals surface area contributed by atoms with Crippen LogP contribution in [0.1, 0.15) is 42.3 Å².